The number of nitrogens with zero attached hydrogens (tertiary/aromatic N) is 1. The summed E-state index contributed by atoms with van der Waals surface area (Å²) in [5, 5.41) is 3.61. The summed E-state index contributed by atoms with van der Waals surface area (Å²) in [6.07, 6.45) is 6.93. The van der Waals surface area contributed by atoms with Gasteiger partial charge in [0.25, 0.3) is 0 Å². The number of pyridine rings is 1. The van der Waals surface area contributed by atoms with Crippen LogP contribution < -0.4 is 5.32 Å². The first-order valence-electron chi connectivity index (χ1n) is 8.10. The first kappa shape index (κ1) is 14.3. The third-order valence-electron chi connectivity index (χ3n) is 4.48. The highest BCUT2D eigenvalue weighted by Gasteiger charge is 2.20. The van der Waals surface area contributed by atoms with Crippen molar-refractivity contribution in [2.75, 3.05) is 6.54 Å². The zero-order valence-electron chi connectivity index (χ0n) is 12.8. The zero-order chi connectivity index (χ0) is 14.5. The van der Waals surface area contributed by atoms with Crippen LogP contribution in [-0.4, -0.2) is 11.5 Å². The molecule has 1 N–H and O–H groups in total. The topological polar surface area (TPSA) is 24.9 Å². The maximum absolute atomic E-state index is 4.47. The number of hydrogen-bond donors (Lipinski definition) is 1. The van der Waals surface area contributed by atoms with E-state index in [-0.39, 0.29) is 0 Å². The van der Waals surface area contributed by atoms with Gasteiger partial charge in [-0.1, -0.05) is 43.7 Å². The minimum atomic E-state index is 0.352. The Morgan fingerprint density at radius 1 is 1.19 bits per heavy atom. The van der Waals surface area contributed by atoms with E-state index >= 15 is 0 Å². The lowest BCUT2D eigenvalue weighted by Crippen LogP contribution is -2.23. The van der Waals surface area contributed by atoms with Crippen LogP contribution in [0, 0.1) is 0 Å². The second-order valence-corrected chi connectivity index (χ2v) is 5.93. The lowest BCUT2D eigenvalue weighted by atomic mass is 9.79. The van der Waals surface area contributed by atoms with Crippen molar-refractivity contribution in [3.05, 3.63) is 65.5 Å². The van der Waals surface area contributed by atoms with Gasteiger partial charge in [0.1, 0.15) is 0 Å². The normalized spacial score (nSPS) is 16.4. The van der Waals surface area contributed by atoms with Crippen LogP contribution in [0.5, 0.6) is 0 Å². The molecule has 1 saturated carbocycles. The summed E-state index contributed by atoms with van der Waals surface area (Å²) in [6.45, 7) is 3.15. The van der Waals surface area contributed by atoms with E-state index in [1.165, 1.54) is 30.4 Å². The molecule has 1 atom stereocenters. The van der Waals surface area contributed by atoms with Gasteiger partial charge in [0.2, 0.25) is 0 Å². The van der Waals surface area contributed by atoms with E-state index in [9.17, 15) is 0 Å². The van der Waals surface area contributed by atoms with Crippen LogP contribution in [0.3, 0.4) is 0 Å². The van der Waals surface area contributed by atoms with Crippen LogP contribution in [0.15, 0.2) is 48.7 Å². The molecule has 2 nitrogen and oxygen atoms in total. The lowest BCUT2D eigenvalue weighted by Gasteiger charge is -2.27. The molecule has 0 radical (unpaired) electrons. The summed E-state index contributed by atoms with van der Waals surface area (Å²) in [5.41, 5.74) is 4.06. The summed E-state index contributed by atoms with van der Waals surface area (Å²) >= 11 is 0. The fourth-order valence-corrected chi connectivity index (χ4v) is 3.05. The summed E-state index contributed by atoms with van der Waals surface area (Å²) < 4.78 is 0. The fraction of sp³-hybridized carbons (Fsp3) is 0.421. The van der Waals surface area contributed by atoms with Gasteiger partial charge in [-0.15, -0.1) is 0 Å². The largest absolute Gasteiger partial charge is 0.310 e. The molecule has 21 heavy (non-hydrogen) atoms. The molecule has 1 fully saturated rings. The predicted octanol–water partition coefficient (Wildman–Crippen LogP) is 4.24. The maximum Gasteiger partial charge on any atom is 0.0422 e. The molecule has 3 rings (SSSR count). The maximum atomic E-state index is 4.47. The summed E-state index contributed by atoms with van der Waals surface area (Å²) in [6, 6.07) is 15.7. The zero-order valence-corrected chi connectivity index (χ0v) is 12.8. The average molecular weight is 280 g/mol. The van der Waals surface area contributed by atoms with E-state index in [1.807, 2.05) is 12.3 Å². The van der Waals surface area contributed by atoms with E-state index in [1.54, 1.807) is 0 Å². The first-order chi connectivity index (χ1) is 10.4. The standard InChI is InChI=1S/C19H24N2/c1-2-20-19(14-18-11-3-4-12-21-18)17-10-6-9-16(13-17)15-7-5-8-15/h3-4,6,9-13,15,19-20H,2,5,7-8,14H2,1H3. The van der Waals surface area contributed by atoms with Crippen LogP contribution in [0.25, 0.3) is 0 Å². The van der Waals surface area contributed by atoms with Gasteiger partial charge in [-0.3, -0.25) is 4.98 Å². The molecule has 0 bridgehead atoms. The Labute approximate surface area is 127 Å². The van der Waals surface area contributed by atoms with Crippen LogP contribution in [0.4, 0.5) is 0 Å². The SMILES string of the molecule is CCNC(Cc1ccccn1)c1cccc(C2CCC2)c1. The van der Waals surface area contributed by atoms with Gasteiger partial charge < -0.3 is 5.32 Å². The third kappa shape index (κ3) is 3.51. The monoisotopic (exact) mass is 280 g/mol. The fourth-order valence-electron chi connectivity index (χ4n) is 3.05. The molecule has 0 amide bonds. The Balaban J connectivity index is 1.79. The number of hydrogen-bond acceptors (Lipinski definition) is 2. The van der Waals surface area contributed by atoms with Crippen molar-refractivity contribution in [3.8, 4) is 0 Å². The Morgan fingerprint density at radius 3 is 2.76 bits per heavy atom. The summed E-state index contributed by atoms with van der Waals surface area (Å²) in [5.74, 6) is 0.794. The van der Waals surface area contributed by atoms with E-state index in [4.69, 9.17) is 0 Å². The summed E-state index contributed by atoms with van der Waals surface area (Å²) in [7, 11) is 0. The Morgan fingerprint density at radius 2 is 2.10 bits per heavy atom. The number of benzene rings is 1. The van der Waals surface area contributed by atoms with Crippen molar-refractivity contribution in [1.29, 1.82) is 0 Å². The average Bonchev–Trinajstić information content (AvgIpc) is 2.46. The number of aromatic nitrogens is 1. The van der Waals surface area contributed by atoms with Gasteiger partial charge in [0.05, 0.1) is 0 Å². The van der Waals surface area contributed by atoms with Crippen molar-refractivity contribution in [2.24, 2.45) is 0 Å². The van der Waals surface area contributed by atoms with Crippen molar-refractivity contribution in [1.82, 2.24) is 10.3 Å². The molecule has 1 heterocycles. The van der Waals surface area contributed by atoms with Gasteiger partial charge in [0.15, 0.2) is 0 Å². The van der Waals surface area contributed by atoms with Crippen molar-refractivity contribution in [3.63, 3.8) is 0 Å². The van der Waals surface area contributed by atoms with Gasteiger partial charge in [-0.05, 0) is 48.6 Å². The molecule has 2 aromatic rings. The molecule has 1 aliphatic carbocycles. The molecule has 1 aromatic heterocycles. The molecule has 1 aromatic carbocycles. The van der Waals surface area contributed by atoms with Crippen LogP contribution in [-0.2, 0) is 6.42 Å². The van der Waals surface area contributed by atoms with Gasteiger partial charge in [0, 0.05) is 24.4 Å². The molecule has 1 aliphatic rings. The third-order valence-corrected chi connectivity index (χ3v) is 4.48. The quantitative estimate of drug-likeness (QED) is 0.856. The minimum Gasteiger partial charge on any atom is -0.310 e. The molecule has 0 spiro atoms. The highest BCUT2D eigenvalue weighted by atomic mass is 14.9. The van der Waals surface area contributed by atoms with E-state index in [0.29, 0.717) is 6.04 Å². The molecular weight excluding hydrogens is 256 g/mol. The van der Waals surface area contributed by atoms with E-state index in [0.717, 1.165) is 24.6 Å². The molecule has 0 saturated heterocycles. The Bertz CT molecular complexity index is 561. The molecular formula is C19H24N2. The molecule has 2 heteroatoms. The Kier molecular flexibility index (Phi) is 4.66. The van der Waals surface area contributed by atoms with Crippen LogP contribution in [0.2, 0.25) is 0 Å². The van der Waals surface area contributed by atoms with Gasteiger partial charge >= 0.3 is 0 Å². The molecule has 1 unspecified atom stereocenters. The summed E-state index contributed by atoms with van der Waals surface area (Å²) in [4.78, 5) is 4.47. The van der Waals surface area contributed by atoms with Crippen molar-refractivity contribution >= 4 is 0 Å². The lowest BCUT2D eigenvalue weighted by molar-refractivity contribution is 0.419. The molecule has 110 valence electrons. The predicted molar refractivity (Wildman–Crippen MR) is 87.4 cm³/mol. The number of nitrogens with one attached hydrogen (secondary N) is 1. The van der Waals surface area contributed by atoms with Crippen molar-refractivity contribution in [2.45, 2.75) is 44.6 Å². The second-order valence-electron chi connectivity index (χ2n) is 5.93. The van der Waals surface area contributed by atoms with Crippen molar-refractivity contribution < 1.29 is 0 Å². The van der Waals surface area contributed by atoms with Crippen LogP contribution in [0.1, 0.15) is 55.0 Å². The van der Waals surface area contributed by atoms with E-state index in [2.05, 4.69) is 53.6 Å². The highest BCUT2D eigenvalue weighted by molar-refractivity contribution is 5.30. The highest BCUT2D eigenvalue weighted by Crippen LogP contribution is 2.37. The van der Waals surface area contributed by atoms with E-state index < -0.39 is 0 Å². The van der Waals surface area contributed by atoms with Gasteiger partial charge in [-0.2, -0.15) is 0 Å². The minimum absolute atomic E-state index is 0.352. The number of rotatable bonds is 6. The van der Waals surface area contributed by atoms with Gasteiger partial charge in [-0.25, -0.2) is 0 Å². The Hall–Kier alpha value is -1.67. The molecule has 0 aliphatic heterocycles. The van der Waals surface area contributed by atoms with Crippen LogP contribution >= 0.6 is 0 Å². The number of likely N-dealkylation sites (N-methyl/N-ethyl adjacent to an activating group) is 1. The first-order valence-corrected chi connectivity index (χ1v) is 8.10. The second kappa shape index (κ2) is 6.86. The smallest absolute Gasteiger partial charge is 0.0422 e.